The van der Waals surface area contributed by atoms with Crippen LogP contribution in [0.15, 0.2) is 30.3 Å². The minimum atomic E-state index is -0.123. The Morgan fingerprint density at radius 1 is 1.40 bits per heavy atom. The number of hydrogen-bond acceptors (Lipinski definition) is 3. The van der Waals surface area contributed by atoms with E-state index in [2.05, 4.69) is 17.0 Å². The summed E-state index contributed by atoms with van der Waals surface area (Å²) in [6.07, 6.45) is 0.935. The molecule has 0 radical (unpaired) electrons. The van der Waals surface area contributed by atoms with Crippen LogP contribution >= 0.6 is 0 Å². The Bertz CT molecular complexity index is 337. The van der Waals surface area contributed by atoms with Crippen molar-refractivity contribution in [2.45, 2.75) is 12.5 Å². The molecule has 1 atom stereocenters. The summed E-state index contributed by atoms with van der Waals surface area (Å²) in [6, 6.07) is 10.6. The van der Waals surface area contributed by atoms with E-state index in [9.17, 15) is 4.79 Å². The standard InChI is InChI=1S/C12H15NO2/c1-13-8-12(14)15-9-11(13)7-10-5-3-2-4-6-10/h2-6,11H,7-9H2,1H3/t11-/m1/s1. The second-order valence-electron chi connectivity index (χ2n) is 3.94. The van der Waals surface area contributed by atoms with Crippen LogP contribution in [0.1, 0.15) is 5.56 Å². The van der Waals surface area contributed by atoms with Gasteiger partial charge in [-0.2, -0.15) is 0 Å². The Balaban J connectivity index is 1.98. The summed E-state index contributed by atoms with van der Waals surface area (Å²) in [6.45, 7) is 0.904. The van der Waals surface area contributed by atoms with Crippen LogP contribution in [0, 0.1) is 0 Å². The van der Waals surface area contributed by atoms with Crippen LogP contribution in [-0.2, 0) is 16.0 Å². The highest BCUT2D eigenvalue weighted by atomic mass is 16.5. The molecule has 0 bridgehead atoms. The quantitative estimate of drug-likeness (QED) is 0.677. The number of carbonyl (C=O) groups excluding carboxylic acids is 1. The Hall–Kier alpha value is -1.35. The second-order valence-corrected chi connectivity index (χ2v) is 3.94. The third-order valence-electron chi connectivity index (χ3n) is 2.75. The topological polar surface area (TPSA) is 29.5 Å². The number of likely N-dealkylation sites (N-methyl/N-ethyl adjacent to an activating group) is 1. The summed E-state index contributed by atoms with van der Waals surface area (Å²) in [4.78, 5) is 13.1. The van der Waals surface area contributed by atoms with Crippen LogP contribution in [0.2, 0.25) is 0 Å². The van der Waals surface area contributed by atoms with Gasteiger partial charge in [0, 0.05) is 6.04 Å². The second kappa shape index (κ2) is 4.45. The van der Waals surface area contributed by atoms with Gasteiger partial charge in [0.05, 0.1) is 6.54 Å². The zero-order valence-electron chi connectivity index (χ0n) is 8.85. The molecule has 1 aliphatic rings. The molecule has 1 aliphatic heterocycles. The maximum Gasteiger partial charge on any atom is 0.320 e. The van der Waals surface area contributed by atoms with Crippen LogP contribution in [-0.4, -0.2) is 37.1 Å². The molecule has 15 heavy (non-hydrogen) atoms. The molecule has 1 fully saturated rings. The van der Waals surface area contributed by atoms with E-state index in [1.54, 1.807) is 0 Å². The summed E-state index contributed by atoms with van der Waals surface area (Å²) >= 11 is 0. The fourth-order valence-corrected chi connectivity index (χ4v) is 1.80. The first-order valence-corrected chi connectivity index (χ1v) is 5.15. The highest BCUT2D eigenvalue weighted by Gasteiger charge is 2.24. The molecule has 2 rings (SSSR count). The molecule has 0 aromatic heterocycles. The Kier molecular flexibility index (Phi) is 3.02. The first kappa shape index (κ1) is 10.2. The SMILES string of the molecule is CN1CC(=O)OC[C@H]1Cc1ccccc1. The lowest BCUT2D eigenvalue weighted by Crippen LogP contribution is -2.46. The first-order chi connectivity index (χ1) is 7.25. The van der Waals surface area contributed by atoms with Crippen molar-refractivity contribution < 1.29 is 9.53 Å². The fraction of sp³-hybridized carbons (Fsp3) is 0.417. The molecule has 1 aromatic carbocycles. The molecule has 1 heterocycles. The maximum atomic E-state index is 11.0. The van der Waals surface area contributed by atoms with Crippen molar-refractivity contribution >= 4 is 5.97 Å². The van der Waals surface area contributed by atoms with Gasteiger partial charge >= 0.3 is 5.97 Å². The molecule has 0 unspecified atom stereocenters. The lowest BCUT2D eigenvalue weighted by Gasteiger charge is -2.31. The number of ether oxygens (including phenoxy) is 1. The zero-order chi connectivity index (χ0) is 10.7. The minimum absolute atomic E-state index is 0.123. The van der Waals surface area contributed by atoms with E-state index in [4.69, 9.17) is 4.74 Å². The summed E-state index contributed by atoms with van der Waals surface area (Å²) in [5, 5.41) is 0. The van der Waals surface area contributed by atoms with Crippen LogP contribution in [0.5, 0.6) is 0 Å². The summed E-state index contributed by atoms with van der Waals surface area (Å²) in [7, 11) is 1.97. The van der Waals surface area contributed by atoms with Crippen LogP contribution < -0.4 is 0 Å². The number of rotatable bonds is 2. The molecule has 0 N–H and O–H groups in total. The third kappa shape index (κ3) is 2.57. The van der Waals surface area contributed by atoms with E-state index in [1.165, 1.54) is 5.56 Å². The van der Waals surface area contributed by atoms with Gasteiger partial charge in [-0.1, -0.05) is 30.3 Å². The van der Waals surface area contributed by atoms with E-state index in [0.29, 0.717) is 19.2 Å². The first-order valence-electron chi connectivity index (χ1n) is 5.15. The largest absolute Gasteiger partial charge is 0.463 e. The number of benzene rings is 1. The Morgan fingerprint density at radius 3 is 2.80 bits per heavy atom. The predicted octanol–water partition coefficient (Wildman–Crippen LogP) is 1.09. The van der Waals surface area contributed by atoms with Crippen molar-refractivity contribution in [3.8, 4) is 0 Å². The van der Waals surface area contributed by atoms with E-state index < -0.39 is 0 Å². The van der Waals surface area contributed by atoms with Crippen LogP contribution in [0.4, 0.5) is 0 Å². The molecule has 0 aliphatic carbocycles. The maximum absolute atomic E-state index is 11.0. The molecular formula is C12H15NO2. The molecule has 0 amide bonds. The van der Waals surface area contributed by atoms with Gasteiger partial charge in [-0.3, -0.25) is 9.69 Å². The summed E-state index contributed by atoms with van der Waals surface area (Å²) in [5.74, 6) is -0.123. The molecule has 3 heteroatoms. The predicted molar refractivity (Wildman–Crippen MR) is 57.5 cm³/mol. The molecule has 0 saturated carbocycles. The van der Waals surface area contributed by atoms with Gasteiger partial charge in [0.25, 0.3) is 0 Å². The summed E-state index contributed by atoms with van der Waals surface area (Å²) in [5.41, 5.74) is 1.28. The number of hydrogen-bond donors (Lipinski definition) is 0. The average Bonchev–Trinajstić information content (AvgIpc) is 2.24. The molecule has 3 nitrogen and oxygen atoms in total. The summed E-state index contributed by atoms with van der Waals surface area (Å²) < 4.78 is 5.05. The van der Waals surface area contributed by atoms with Crippen molar-refractivity contribution in [3.05, 3.63) is 35.9 Å². The van der Waals surface area contributed by atoms with E-state index in [1.807, 2.05) is 25.2 Å². The Morgan fingerprint density at radius 2 is 2.13 bits per heavy atom. The fourth-order valence-electron chi connectivity index (χ4n) is 1.80. The Labute approximate surface area is 89.7 Å². The molecule has 1 saturated heterocycles. The van der Waals surface area contributed by atoms with Crippen molar-refractivity contribution in [3.63, 3.8) is 0 Å². The molecular weight excluding hydrogens is 190 g/mol. The van der Waals surface area contributed by atoms with E-state index >= 15 is 0 Å². The number of morpholine rings is 1. The van der Waals surface area contributed by atoms with Crippen molar-refractivity contribution in [1.82, 2.24) is 4.90 Å². The zero-order valence-corrected chi connectivity index (χ0v) is 8.85. The number of nitrogens with zero attached hydrogens (tertiary/aromatic N) is 1. The molecule has 80 valence electrons. The van der Waals surface area contributed by atoms with Gasteiger partial charge in [-0.25, -0.2) is 0 Å². The number of cyclic esters (lactones) is 1. The van der Waals surface area contributed by atoms with Crippen molar-refractivity contribution in [2.75, 3.05) is 20.2 Å². The number of esters is 1. The minimum Gasteiger partial charge on any atom is -0.463 e. The van der Waals surface area contributed by atoms with Crippen LogP contribution in [0.25, 0.3) is 0 Å². The van der Waals surface area contributed by atoms with E-state index in [-0.39, 0.29) is 5.97 Å². The van der Waals surface area contributed by atoms with Crippen molar-refractivity contribution in [2.24, 2.45) is 0 Å². The van der Waals surface area contributed by atoms with Gasteiger partial charge in [-0.05, 0) is 19.0 Å². The van der Waals surface area contributed by atoms with Gasteiger partial charge in [0.2, 0.25) is 0 Å². The van der Waals surface area contributed by atoms with Gasteiger partial charge in [-0.15, -0.1) is 0 Å². The van der Waals surface area contributed by atoms with Gasteiger partial charge in [0.15, 0.2) is 0 Å². The van der Waals surface area contributed by atoms with E-state index in [0.717, 1.165) is 6.42 Å². The lowest BCUT2D eigenvalue weighted by atomic mass is 10.0. The highest BCUT2D eigenvalue weighted by Crippen LogP contribution is 2.11. The molecule has 0 spiro atoms. The van der Waals surface area contributed by atoms with Crippen LogP contribution in [0.3, 0.4) is 0 Å². The van der Waals surface area contributed by atoms with Gasteiger partial charge < -0.3 is 4.74 Å². The highest BCUT2D eigenvalue weighted by molar-refractivity contribution is 5.72. The molecule has 1 aromatic rings. The monoisotopic (exact) mass is 205 g/mol. The normalized spacial score (nSPS) is 22.5. The third-order valence-corrected chi connectivity index (χ3v) is 2.75. The lowest BCUT2D eigenvalue weighted by molar-refractivity contribution is -0.153. The smallest absolute Gasteiger partial charge is 0.320 e. The number of carbonyl (C=O) groups is 1. The van der Waals surface area contributed by atoms with Gasteiger partial charge in [0.1, 0.15) is 6.61 Å². The van der Waals surface area contributed by atoms with Crippen molar-refractivity contribution in [1.29, 1.82) is 0 Å². The average molecular weight is 205 g/mol.